The zero-order valence-corrected chi connectivity index (χ0v) is 16.6. The standard InChI is InChI=1S/C25H24N2O3/c28-24(15-14-19-9-5-8-18-7-1-2-11-21(18)19)27-23-13-4-3-12-22(23)25(29)26-17-20-10-6-16-30-20/h1-5,7-9,11-15,20H,6,10,16-17H2,(H,26,29)(H,27,28)/b15-14+. The lowest BCUT2D eigenvalue weighted by Gasteiger charge is -2.13. The third-order valence-corrected chi connectivity index (χ3v) is 5.18. The molecule has 1 heterocycles. The van der Waals surface area contributed by atoms with Crippen LogP contribution in [0.3, 0.4) is 0 Å². The summed E-state index contributed by atoms with van der Waals surface area (Å²) >= 11 is 0. The quantitative estimate of drug-likeness (QED) is 0.603. The highest BCUT2D eigenvalue weighted by atomic mass is 16.5. The monoisotopic (exact) mass is 400 g/mol. The maximum absolute atomic E-state index is 12.6. The predicted octanol–water partition coefficient (Wildman–Crippen LogP) is 4.40. The minimum Gasteiger partial charge on any atom is -0.376 e. The molecule has 3 aromatic carbocycles. The average molecular weight is 400 g/mol. The molecule has 1 aliphatic rings. The molecule has 30 heavy (non-hydrogen) atoms. The van der Waals surface area contributed by atoms with Crippen molar-refractivity contribution in [2.45, 2.75) is 18.9 Å². The fourth-order valence-electron chi connectivity index (χ4n) is 3.63. The molecule has 1 aliphatic heterocycles. The van der Waals surface area contributed by atoms with E-state index in [0.717, 1.165) is 35.8 Å². The second kappa shape index (κ2) is 9.37. The van der Waals surface area contributed by atoms with Crippen LogP contribution in [-0.2, 0) is 9.53 Å². The lowest BCUT2D eigenvalue weighted by Crippen LogP contribution is -2.32. The Balaban J connectivity index is 1.44. The number of amides is 2. The first-order chi connectivity index (χ1) is 14.7. The molecule has 0 bridgehead atoms. The van der Waals surface area contributed by atoms with E-state index in [-0.39, 0.29) is 17.9 Å². The van der Waals surface area contributed by atoms with E-state index >= 15 is 0 Å². The van der Waals surface area contributed by atoms with Gasteiger partial charge in [-0.2, -0.15) is 0 Å². The van der Waals surface area contributed by atoms with Crippen LogP contribution in [0.25, 0.3) is 16.8 Å². The van der Waals surface area contributed by atoms with Gasteiger partial charge in [-0.05, 0) is 47.4 Å². The Morgan fingerprint density at radius 3 is 2.67 bits per heavy atom. The number of carbonyl (C=O) groups is 2. The molecule has 2 amide bonds. The number of hydrogen-bond acceptors (Lipinski definition) is 3. The van der Waals surface area contributed by atoms with Gasteiger partial charge in [-0.3, -0.25) is 9.59 Å². The number of hydrogen-bond donors (Lipinski definition) is 2. The number of benzene rings is 3. The van der Waals surface area contributed by atoms with E-state index in [2.05, 4.69) is 10.6 Å². The summed E-state index contributed by atoms with van der Waals surface area (Å²) in [6.45, 7) is 1.22. The zero-order valence-electron chi connectivity index (χ0n) is 16.6. The molecule has 0 aromatic heterocycles. The molecule has 5 heteroatoms. The molecule has 1 atom stereocenters. The lowest BCUT2D eigenvalue weighted by molar-refractivity contribution is -0.111. The van der Waals surface area contributed by atoms with Crippen molar-refractivity contribution in [1.82, 2.24) is 5.32 Å². The van der Waals surface area contributed by atoms with Crippen LogP contribution < -0.4 is 10.6 Å². The van der Waals surface area contributed by atoms with Crippen LogP contribution >= 0.6 is 0 Å². The molecule has 2 N–H and O–H groups in total. The third-order valence-electron chi connectivity index (χ3n) is 5.18. The van der Waals surface area contributed by atoms with E-state index in [1.54, 1.807) is 30.3 Å². The minimum atomic E-state index is -0.290. The average Bonchev–Trinajstić information content (AvgIpc) is 3.30. The van der Waals surface area contributed by atoms with E-state index in [1.165, 1.54) is 6.08 Å². The molecule has 152 valence electrons. The predicted molar refractivity (Wildman–Crippen MR) is 119 cm³/mol. The second-order valence-corrected chi connectivity index (χ2v) is 7.28. The summed E-state index contributed by atoms with van der Waals surface area (Å²) in [4.78, 5) is 25.1. The van der Waals surface area contributed by atoms with Crippen LogP contribution in [0.4, 0.5) is 5.69 Å². The van der Waals surface area contributed by atoms with Crippen molar-refractivity contribution in [2.24, 2.45) is 0 Å². The Morgan fingerprint density at radius 2 is 1.80 bits per heavy atom. The Morgan fingerprint density at radius 1 is 1.00 bits per heavy atom. The number of fused-ring (bicyclic) bond motifs is 1. The highest BCUT2D eigenvalue weighted by Crippen LogP contribution is 2.20. The van der Waals surface area contributed by atoms with Gasteiger partial charge in [-0.25, -0.2) is 0 Å². The summed E-state index contributed by atoms with van der Waals surface area (Å²) in [5, 5.41) is 7.92. The van der Waals surface area contributed by atoms with Gasteiger partial charge in [0.05, 0.1) is 17.4 Å². The van der Waals surface area contributed by atoms with Crippen LogP contribution in [0, 0.1) is 0 Å². The highest BCUT2D eigenvalue weighted by molar-refractivity contribution is 6.08. The summed E-state index contributed by atoms with van der Waals surface area (Å²) in [5.74, 6) is -0.512. The van der Waals surface area contributed by atoms with E-state index in [1.807, 2.05) is 42.5 Å². The van der Waals surface area contributed by atoms with Gasteiger partial charge in [0.2, 0.25) is 5.91 Å². The van der Waals surface area contributed by atoms with Crippen LogP contribution in [0.5, 0.6) is 0 Å². The summed E-state index contributed by atoms with van der Waals surface area (Å²) in [7, 11) is 0. The van der Waals surface area contributed by atoms with Crippen molar-refractivity contribution in [3.63, 3.8) is 0 Å². The Bertz CT molecular complexity index is 1080. The summed E-state index contributed by atoms with van der Waals surface area (Å²) in [6.07, 6.45) is 5.33. The van der Waals surface area contributed by atoms with Gasteiger partial charge >= 0.3 is 0 Å². The van der Waals surface area contributed by atoms with Crippen molar-refractivity contribution in [1.29, 1.82) is 0 Å². The molecule has 3 aromatic rings. The van der Waals surface area contributed by atoms with Gasteiger partial charge in [0, 0.05) is 19.2 Å². The second-order valence-electron chi connectivity index (χ2n) is 7.28. The molecule has 1 unspecified atom stereocenters. The Kier molecular flexibility index (Phi) is 6.20. The van der Waals surface area contributed by atoms with E-state index in [4.69, 9.17) is 4.74 Å². The Hall–Kier alpha value is -3.44. The van der Waals surface area contributed by atoms with Crippen LogP contribution in [0.1, 0.15) is 28.8 Å². The third kappa shape index (κ3) is 4.75. The largest absolute Gasteiger partial charge is 0.376 e. The molecule has 0 saturated carbocycles. The van der Waals surface area contributed by atoms with Gasteiger partial charge in [0.25, 0.3) is 5.91 Å². The molecule has 4 rings (SSSR count). The molecular formula is C25H24N2O3. The fourth-order valence-corrected chi connectivity index (χ4v) is 3.63. The lowest BCUT2D eigenvalue weighted by atomic mass is 10.0. The van der Waals surface area contributed by atoms with Gasteiger partial charge in [-0.15, -0.1) is 0 Å². The molecule has 1 saturated heterocycles. The number of carbonyl (C=O) groups excluding carboxylic acids is 2. The maximum Gasteiger partial charge on any atom is 0.253 e. The van der Waals surface area contributed by atoms with Crippen molar-refractivity contribution in [2.75, 3.05) is 18.5 Å². The number of nitrogens with one attached hydrogen (secondary N) is 2. The highest BCUT2D eigenvalue weighted by Gasteiger charge is 2.18. The summed E-state index contributed by atoms with van der Waals surface area (Å²) < 4.78 is 5.54. The molecule has 0 spiro atoms. The number of para-hydroxylation sites is 1. The summed E-state index contributed by atoms with van der Waals surface area (Å²) in [5.41, 5.74) is 1.88. The first-order valence-electron chi connectivity index (χ1n) is 10.2. The summed E-state index contributed by atoms with van der Waals surface area (Å²) in [6, 6.07) is 21.0. The van der Waals surface area contributed by atoms with Crippen molar-refractivity contribution < 1.29 is 14.3 Å². The normalized spacial score (nSPS) is 16.1. The van der Waals surface area contributed by atoms with E-state index < -0.39 is 0 Å². The minimum absolute atomic E-state index is 0.0688. The van der Waals surface area contributed by atoms with Crippen molar-refractivity contribution >= 4 is 34.4 Å². The SMILES string of the molecule is O=C(/C=C/c1cccc2ccccc12)Nc1ccccc1C(=O)NCC1CCCO1. The molecule has 5 nitrogen and oxygen atoms in total. The number of ether oxygens (including phenoxy) is 1. The van der Waals surface area contributed by atoms with E-state index in [0.29, 0.717) is 17.8 Å². The van der Waals surface area contributed by atoms with Crippen molar-refractivity contribution in [3.05, 3.63) is 83.9 Å². The number of rotatable bonds is 6. The Labute approximate surface area is 175 Å². The molecular weight excluding hydrogens is 376 g/mol. The maximum atomic E-state index is 12.6. The topological polar surface area (TPSA) is 67.4 Å². The van der Waals surface area contributed by atoms with Gasteiger partial charge in [0.15, 0.2) is 0 Å². The first-order valence-corrected chi connectivity index (χ1v) is 10.2. The van der Waals surface area contributed by atoms with Crippen LogP contribution in [0.15, 0.2) is 72.8 Å². The number of anilines is 1. The molecule has 1 fully saturated rings. The smallest absolute Gasteiger partial charge is 0.253 e. The van der Waals surface area contributed by atoms with Gasteiger partial charge in [-0.1, -0.05) is 54.6 Å². The fraction of sp³-hybridized carbons (Fsp3) is 0.200. The van der Waals surface area contributed by atoms with Crippen molar-refractivity contribution in [3.8, 4) is 0 Å². The van der Waals surface area contributed by atoms with Gasteiger partial charge in [0.1, 0.15) is 0 Å². The zero-order chi connectivity index (χ0) is 20.8. The molecule has 0 aliphatic carbocycles. The van der Waals surface area contributed by atoms with E-state index in [9.17, 15) is 9.59 Å². The van der Waals surface area contributed by atoms with Crippen LogP contribution in [-0.4, -0.2) is 31.1 Å². The van der Waals surface area contributed by atoms with Gasteiger partial charge < -0.3 is 15.4 Å². The first kappa shape index (κ1) is 19.9. The van der Waals surface area contributed by atoms with Crippen LogP contribution in [0.2, 0.25) is 0 Å². The molecule has 0 radical (unpaired) electrons.